The van der Waals surface area contributed by atoms with Gasteiger partial charge in [-0.15, -0.1) is 11.3 Å². The van der Waals surface area contributed by atoms with Crippen LogP contribution in [0.5, 0.6) is 0 Å². The Bertz CT molecular complexity index is 920. The summed E-state index contributed by atoms with van der Waals surface area (Å²) in [6, 6.07) is 7.28. The van der Waals surface area contributed by atoms with Gasteiger partial charge in [-0.1, -0.05) is 29.8 Å². The monoisotopic (exact) mass is 330 g/mol. The van der Waals surface area contributed by atoms with Crippen LogP contribution in [0.15, 0.2) is 30.5 Å². The second-order valence-electron chi connectivity index (χ2n) is 5.29. The minimum Gasteiger partial charge on any atom is -0.258 e. The van der Waals surface area contributed by atoms with Crippen molar-refractivity contribution in [2.75, 3.05) is 0 Å². The quantitative estimate of drug-likeness (QED) is 0.490. The van der Waals surface area contributed by atoms with Crippen molar-refractivity contribution in [2.24, 2.45) is 0 Å². The Balaban J connectivity index is 2.16. The van der Waals surface area contributed by atoms with Gasteiger partial charge in [0.05, 0.1) is 10.5 Å². The average Bonchev–Trinajstić information content (AvgIpc) is 3.07. The number of rotatable bonds is 2. The molecule has 22 heavy (non-hydrogen) atoms. The number of aryl methyl sites for hydroxylation is 2. The third kappa shape index (κ3) is 1.93. The van der Waals surface area contributed by atoms with Crippen LogP contribution in [0.2, 0.25) is 5.02 Å². The molecule has 4 rings (SSSR count). The summed E-state index contributed by atoms with van der Waals surface area (Å²) in [5.41, 5.74) is 2.55. The molecule has 1 aliphatic rings. The van der Waals surface area contributed by atoms with Gasteiger partial charge in [-0.05, 0) is 30.9 Å². The highest BCUT2D eigenvalue weighted by Gasteiger charge is 2.27. The summed E-state index contributed by atoms with van der Waals surface area (Å²) in [4.78, 5) is 17.6. The zero-order valence-corrected chi connectivity index (χ0v) is 13.1. The normalized spacial score (nSPS) is 13.5. The molecule has 0 spiro atoms. The van der Waals surface area contributed by atoms with Gasteiger partial charge in [0.1, 0.15) is 11.0 Å². The maximum atomic E-state index is 11.5. The van der Waals surface area contributed by atoms with Gasteiger partial charge < -0.3 is 0 Å². The molecule has 0 amide bonds. The number of benzene rings is 1. The van der Waals surface area contributed by atoms with Crippen LogP contribution in [0.3, 0.4) is 0 Å². The van der Waals surface area contributed by atoms with Crippen LogP contribution in [0.4, 0.5) is 5.69 Å². The fraction of sp³-hybridized carbons (Fsp3) is 0.188. The summed E-state index contributed by atoms with van der Waals surface area (Å²) in [5.74, 6) is 0. The SMILES string of the molecule is O=[N+]([O-])c1cnc2sc3c(c2c1-c1ccccc1Cl)CCC3. The maximum absolute atomic E-state index is 11.5. The Morgan fingerprint density at radius 2 is 2.09 bits per heavy atom. The van der Waals surface area contributed by atoms with Crippen LogP contribution < -0.4 is 0 Å². The highest BCUT2D eigenvalue weighted by Crippen LogP contribution is 2.46. The molecule has 6 heteroatoms. The molecule has 0 atom stereocenters. The molecule has 1 aliphatic carbocycles. The third-order valence-corrected chi connectivity index (χ3v) is 5.58. The zero-order chi connectivity index (χ0) is 15.3. The maximum Gasteiger partial charge on any atom is 0.296 e. The second-order valence-corrected chi connectivity index (χ2v) is 6.78. The lowest BCUT2D eigenvalue weighted by Gasteiger charge is -2.08. The zero-order valence-electron chi connectivity index (χ0n) is 11.5. The molecule has 0 aliphatic heterocycles. The number of halogens is 1. The summed E-state index contributed by atoms with van der Waals surface area (Å²) in [7, 11) is 0. The molecular weight excluding hydrogens is 320 g/mol. The van der Waals surface area contributed by atoms with E-state index in [1.54, 1.807) is 17.4 Å². The highest BCUT2D eigenvalue weighted by molar-refractivity contribution is 7.19. The Morgan fingerprint density at radius 1 is 1.27 bits per heavy atom. The largest absolute Gasteiger partial charge is 0.296 e. The van der Waals surface area contributed by atoms with Crippen molar-refractivity contribution in [3.05, 3.63) is 56.0 Å². The van der Waals surface area contributed by atoms with Gasteiger partial charge in [-0.25, -0.2) is 4.98 Å². The average molecular weight is 331 g/mol. The van der Waals surface area contributed by atoms with Crippen LogP contribution >= 0.6 is 22.9 Å². The molecule has 1 aromatic carbocycles. The lowest BCUT2D eigenvalue weighted by molar-refractivity contribution is -0.384. The van der Waals surface area contributed by atoms with E-state index in [9.17, 15) is 10.1 Å². The minimum atomic E-state index is -0.371. The number of thiophene rings is 1. The molecule has 110 valence electrons. The van der Waals surface area contributed by atoms with E-state index in [1.807, 2.05) is 18.2 Å². The summed E-state index contributed by atoms with van der Waals surface area (Å²) < 4.78 is 0. The molecule has 2 heterocycles. The molecule has 0 unspecified atom stereocenters. The second kappa shape index (κ2) is 5.04. The van der Waals surface area contributed by atoms with Crippen LogP contribution in [-0.4, -0.2) is 9.91 Å². The van der Waals surface area contributed by atoms with E-state index < -0.39 is 0 Å². The van der Waals surface area contributed by atoms with Gasteiger partial charge in [0.25, 0.3) is 5.69 Å². The van der Waals surface area contributed by atoms with Crippen molar-refractivity contribution in [2.45, 2.75) is 19.3 Å². The van der Waals surface area contributed by atoms with E-state index in [2.05, 4.69) is 4.98 Å². The van der Waals surface area contributed by atoms with Crippen LogP contribution in [0.25, 0.3) is 21.3 Å². The Labute approximate surface area is 135 Å². The number of aromatic nitrogens is 1. The van der Waals surface area contributed by atoms with Crippen LogP contribution in [-0.2, 0) is 12.8 Å². The van der Waals surface area contributed by atoms with Gasteiger partial charge in [0.2, 0.25) is 0 Å². The van der Waals surface area contributed by atoms with Crippen molar-refractivity contribution in [1.29, 1.82) is 0 Å². The van der Waals surface area contributed by atoms with E-state index in [0.29, 0.717) is 16.1 Å². The van der Waals surface area contributed by atoms with Gasteiger partial charge in [0.15, 0.2) is 0 Å². The predicted octanol–water partition coefficient (Wildman–Crippen LogP) is 5.01. The minimum absolute atomic E-state index is 0.0214. The van der Waals surface area contributed by atoms with Crippen molar-refractivity contribution in [1.82, 2.24) is 4.98 Å². The van der Waals surface area contributed by atoms with Crippen molar-refractivity contribution < 1.29 is 4.92 Å². The van der Waals surface area contributed by atoms with Gasteiger partial charge in [0, 0.05) is 20.8 Å². The molecule has 2 aromatic heterocycles. The smallest absolute Gasteiger partial charge is 0.258 e. The lowest BCUT2D eigenvalue weighted by Crippen LogP contribution is -1.95. The fourth-order valence-corrected chi connectivity index (χ4v) is 4.60. The molecule has 4 nitrogen and oxygen atoms in total. The summed E-state index contributed by atoms with van der Waals surface area (Å²) in [6.45, 7) is 0. The van der Waals surface area contributed by atoms with Crippen LogP contribution in [0.1, 0.15) is 16.9 Å². The topological polar surface area (TPSA) is 56.0 Å². The Hall–Kier alpha value is -1.98. The van der Waals surface area contributed by atoms with E-state index in [1.165, 1.54) is 16.6 Å². The number of hydrogen-bond donors (Lipinski definition) is 0. The molecule has 0 radical (unpaired) electrons. The van der Waals surface area contributed by atoms with Crippen molar-refractivity contribution in [3.8, 4) is 11.1 Å². The van der Waals surface area contributed by atoms with E-state index in [-0.39, 0.29) is 10.6 Å². The lowest BCUT2D eigenvalue weighted by atomic mass is 9.99. The molecule has 0 saturated carbocycles. The van der Waals surface area contributed by atoms with Crippen molar-refractivity contribution in [3.63, 3.8) is 0 Å². The van der Waals surface area contributed by atoms with E-state index >= 15 is 0 Å². The first kappa shape index (κ1) is 13.7. The molecule has 0 fully saturated rings. The molecule has 3 aromatic rings. The van der Waals surface area contributed by atoms with Crippen molar-refractivity contribution >= 4 is 38.8 Å². The van der Waals surface area contributed by atoms with Gasteiger partial charge in [-0.2, -0.15) is 0 Å². The first-order valence-corrected chi connectivity index (χ1v) is 8.19. The number of fused-ring (bicyclic) bond motifs is 3. The standard InChI is InChI=1S/C16H11ClN2O2S/c17-11-6-2-1-4-9(11)14-12(19(20)21)8-18-16-15(14)10-5-3-7-13(10)22-16/h1-2,4,6,8H,3,5,7H2. The van der Waals surface area contributed by atoms with Crippen LogP contribution in [0, 0.1) is 10.1 Å². The Kier molecular flexibility index (Phi) is 3.13. The highest BCUT2D eigenvalue weighted by atomic mass is 35.5. The summed E-state index contributed by atoms with van der Waals surface area (Å²) in [5, 5.41) is 12.9. The third-order valence-electron chi connectivity index (χ3n) is 4.05. The first-order chi connectivity index (χ1) is 10.7. The molecule has 0 saturated heterocycles. The summed E-state index contributed by atoms with van der Waals surface area (Å²) in [6.07, 6.45) is 4.44. The fourth-order valence-electron chi connectivity index (χ4n) is 3.13. The van der Waals surface area contributed by atoms with Gasteiger partial charge in [-0.3, -0.25) is 10.1 Å². The number of pyridine rings is 1. The Morgan fingerprint density at radius 3 is 2.86 bits per heavy atom. The predicted molar refractivity (Wildman–Crippen MR) is 88.7 cm³/mol. The first-order valence-electron chi connectivity index (χ1n) is 6.99. The van der Waals surface area contributed by atoms with E-state index in [4.69, 9.17) is 11.6 Å². The summed E-state index contributed by atoms with van der Waals surface area (Å²) >= 11 is 7.96. The number of hydrogen-bond acceptors (Lipinski definition) is 4. The molecular formula is C16H11ClN2O2S. The molecule has 0 N–H and O–H groups in total. The van der Waals surface area contributed by atoms with Gasteiger partial charge >= 0.3 is 0 Å². The molecule has 0 bridgehead atoms. The number of nitrogens with zero attached hydrogens (tertiary/aromatic N) is 2. The number of nitro groups is 1. The van der Waals surface area contributed by atoms with E-state index in [0.717, 1.165) is 29.5 Å².